The monoisotopic (exact) mass is 219 g/mol. The SMILES string of the molecule is C/C=C/C(=O)N1CCCC(c2ncc[nH]2)C1. The summed E-state index contributed by atoms with van der Waals surface area (Å²) in [7, 11) is 0. The molecule has 0 radical (unpaired) electrons. The maximum atomic E-state index is 11.7. The summed E-state index contributed by atoms with van der Waals surface area (Å²) >= 11 is 0. The Morgan fingerprint density at radius 1 is 1.69 bits per heavy atom. The smallest absolute Gasteiger partial charge is 0.246 e. The maximum absolute atomic E-state index is 11.7. The van der Waals surface area contributed by atoms with Gasteiger partial charge in [0.05, 0.1) is 0 Å². The summed E-state index contributed by atoms with van der Waals surface area (Å²) in [6, 6.07) is 0. The van der Waals surface area contributed by atoms with Crippen LogP contribution in [0.1, 0.15) is 31.5 Å². The van der Waals surface area contributed by atoms with E-state index in [9.17, 15) is 4.79 Å². The zero-order valence-electron chi connectivity index (χ0n) is 9.52. The summed E-state index contributed by atoms with van der Waals surface area (Å²) in [5, 5.41) is 0. The van der Waals surface area contributed by atoms with Gasteiger partial charge in [-0.3, -0.25) is 4.79 Å². The summed E-state index contributed by atoms with van der Waals surface area (Å²) in [6.07, 6.45) is 9.18. The average molecular weight is 219 g/mol. The van der Waals surface area contributed by atoms with Gasteiger partial charge in [0.15, 0.2) is 0 Å². The van der Waals surface area contributed by atoms with Crippen LogP contribution in [0.5, 0.6) is 0 Å². The number of hydrogen-bond donors (Lipinski definition) is 1. The van der Waals surface area contributed by atoms with Gasteiger partial charge in [-0.2, -0.15) is 0 Å². The molecule has 1 aliphatic heterocycles. The molecule has 1 aromatic heterocycles. The number of allylic oxidation sites excluding steroid dienone is 1. The number of amides is 1. The number of rotatable bonds is 2. The number of nitrogens with zero attached hydrogens (tertiary/aromatic N) is 2. The molecular weight excluding hydrogens is 202 g/mol. The van der Waals surface area contributed by atoms with Gasteiger partial charge in [-0.25, -0.2) is 4.98 Å². The molecule has 16 heavy (non-hydrogen) atoms. The number of hydrogen-bond acceptors (Lipinski definition) is 2. The second-order valence-corrected chi connectivity index (χ2v) is 4.10. The van der Waals surface area contributed by atoms with E-state index in [1.54, 1.807) is 18.3 Å². The molecular formula is C12H17N3O. The number of H-pyrrole nitrogens is 1. The minimum atomic E-state index is 0.110. The molecule has 1 saturated heterocycles. The Bertz CT molecular complexity index is 370. The lowest BCUT2D eigenvalue weighted by Gasteiger charge is -2.31. The van der Waals surface area contributed by atoms with Crippen LogP contribution >= 0.6 is 0 Å². The van der Waals surface area contributed by atoms with E-state index < -0.39 is 0 Å². The van der Waals surface area contributed by atoms with Crippen molar-refractivity contribution in [1.82, 2.24) is 14.9 Å². The van der Waals surface area contributed by atoms with Crippen molar-refractivity contribution in [3.63, 3.8) is 0 Å². The molecule has 1 N–H and O–H groups in total. The summed E-state index contributed by atoms with van der Waals surface area (Å²) < 4.78 is 0. The van der Waals surface area contributed by atoms with Gasteiger partial charge in [0.1, 0.15) is 5.82 Å². The standard InChI is InChI=1S/C12H17N3O/c1-2-4-11(16)15-8-3-5-10(9-15)12-13-6-7-14-12/h2,4,6-7,10H,3,5,8-9H2,1H3,(H,13,14)/b4-2+. The van der Waals surface area contributed by atoms with E-state index in [-0.39, 0.29) is 5.91 Å². The van der Waals surface area contributed by atoms with Crippen LogP contribution in [0, 0.1) is 0 Å². The van der Waals surface area contributed by atoms with Crippen molar-refractivity contribution in [3.8, 4) is 0 Å². The van der Waals surface area contributed by atoms with Crippen LogP contribution in [0.3, 0.4) is 0 Å². The fourth-order valence-corrected chi connectivity index (χ4v) is 2.15. The maximum Gasteiger partial charge on any atom is 0.246 e. The van der Waals surface area contributed by atoms with E-state index in [2.05, 4.69) is 9.97 Å². The molecule has 1 atom stereocenters. The van der Waals surface area contributed by atoms with Gasteiger partial charge in [-0.1, -0.05) is 6.08 Å². The van der Waals surface area contributed by atoms with Crippen LogP contribution in [0.4, 0.5) is 0 Å². The van der Waals surface area contributed by atoms with Crippen molar-refractivity contribution in [3.05, 3.63) is 30.4 Å². The lowest BCUT2D eigenvalue weighted by Crippen LogP contribution is -2.38. The molecule has 86 valence electrons. The fourth-order valence-electron chi connectivity index (χ4n) is 2.15. The minimum Gasteiger partial charge on any atom is -0.348 e. The molecule has 0 saturated carbocycles. The van der Waals surface area contributed by atoms with Crippen molar-refractivity contribution in [2.75, 3.05) is 13.1 Å². The van der Waals surface area contributed by atoms with E-state index in [4.69, 9.17) is 0 Å². The molecule has 0 aromatic carbocycles. The number of nitrogens with one attached hydrogen (secondary N) is 1. The third-order valence-electron chi connectivity index (χ3n) is 2.95. The molecule has 0 bridgehead atoms. The van der Waals surface area contributed by atoms with Crippen LogP contribution < -0.4 is 0 Å². The van der Waals surface area contributed by atoms with E-state index >= 15 is 0 Å². The first kappa shape index (κ1) is 10.9. The number of piperidine rings is 1. The topological polar surface area (TPSA) is 49.0 Å². The summed E-state index contributed by atoms with van der Waals surface area (Å²) in [5.41, 5.74) is 0. The molecule has 0 spiro atoms. The minimum absolute atomic E-state index is 0.110. The van der Waals surface area contributed by atoms with Gasteiger partial charge in [0, 0.05) is 31.4 Å². The third-order valence-corrected chi connectivity index (χ3v) is 2.95. The van der Waals surface area contributed by atoms with E-state index in [1.165, 1.54) is 0 Å². The van der Waals surface area contributed by atoms with Crippen molar-refractivity contribution in [2.24, 2.45) is 0 Å². The Balaban J connectivity index is 2.02. The molecule has 1 aromatic rings. The Morgan fingerprint density at radius 2 is 2.56 bits per heavy atom. The number of carbonyl (C=O) groups excluding carboxylic acids is 1. The third kappa shape index (κ3) is 2.32. The van der Waals surface area contributed by atoms with E-state index in [1.807, 2.05) is 18.0 Å². The second kappa shape index (κ2) is 4.96. The first-order chi connectivity index (χ1) is 7.81. The van der Waals surface area contributed by atoms with Crippen LogP contribution in [0.2, 0.25) is 0 Å². The lowest BCUT2D eigenvalue weighted by molar-refractivity contribution is -0.127. The summed E-state index contributed by atoms with van der Waals surface area (Å²) in [5.74, 6) is 1.47. The van der Waals surface area contributed by atoms with Gasteiger partial charge in [0.2, 0.25) is 5.91 Å². The molecule has 4 nitrogen and oxygen atoms in total. The van der Waals surface area contributed by atoms with Crippen molar-refractivity contribution >= 4 is 5.91 Å². The first-order valence-corrected chi connectivity index (χ1v) is 5.72. The molecule has 0 aliphatic carbocycles. The Hall–Kier alpha value is -1.58. The van der Waals surface area contributed by atoms with E-state index in [0.29, 0.717) is 5.92 Å². The van der Waals surface area contributed by atoms with Gasteiger partial charge in [0.25, 0.3) is 0 Å². The Kier molecular flexibility index (Phi) is 3.39. The predicted octanol–water partition coefficient (Wildman–Crippen LogP) is 1.69. The predicted molar refractivity (Wildman–Crippen MR) is 62.0 cm³/mol. The molecule has 1 unspecified atom stereocenters. The lowest BCUT2D eigenvalue weighted by atomic mass is 9.97. The Labute approximate surface area is 95.4 Å². The van der Waals surface area contributed by atoms with Crippen LogP contribution in [0.15, 0.2) is 24.5 Å². The van der Waals surface area contributed by atoms with Crippen LogP contribution in [0.25, 0.3) is 0 Å². The van der Waals surface area contributed by atoms with Gasteiger partial charge < -0.3 is 9.88 Å². The molecule has 2 rings (SSSR count). The first-order valence-electron chi connectivity index (χ1n) is 5.72. The molecule has 1 amide bonds. The largest absolute Gasteiger partial charge is 0.348 e. The molecule has 4 heteroatoms. The van der Waals surface area contributed by atoms with Gasteiger partial charge in [-0.05, 0) is 25.8 Å². The zero-order chi connectivity index (χ0) is 11.4. The van der Waals surface area contributed by atoms with E-state index in [0.717, 1.165) is 31.8 Å². The van der Waals surface area contributed by atoms with Gasteiger partial charge >= 0.3 is 0 Å². The highest BCUT2D eigenvalue weighted by Gasteiger charge is 2.24. The normalized spacial score (nSPS) is 21.6. The Morgan fingerprint density at radius 3 is 3.25 bits per heavy atom. The molecule has 1 fully saturated rings. The summed E-state index contributed by atoms with van der Waals surface area (Å²) in [4.78, 5) is 21.0. The van der Waals surface area contributed by atoms with Crippen molar-refractivity contribution in [1.29, 1.82) is 0 Å². The van der Waals surface area contributed by atoms with Crippen LogP contribution in [-0.4, -0.2) is 33.9 Å². The quantitative estimate of drug-likeness (QED) is 0.769. The highest BCUT2D eigenvalue weighted by atomic mass is 16.2. The number of carbonyl (C=O) groups is 1. The number of likely N-dealkylation sites (tertiary alicyclic amines) is 1. The number of aromatic amines is 1. The van der Waals surface area contributed by atoms with Crippen LogP contribution in [-0.2, 0) is 4.79 Å². The fraction of sp³-hybridized carbons (Fsp3) is 0.500. The second-order valence-electron chi connectivity index (χ2n) is 4.10. The zero-order valence-corrected chi connectivity index (χ0v) is 9.52. The highest BCUT2D eigenvalue weighted by Crippen LogP contribution is 2.24. The van der Waals surface area contributed by atoms with Crippen molar-refractivity contribution in [2.45, 2.75) is 25.7 Å². The number of aromatic nitrogens is 2. The summed E-state index contributed by atoms with van der Waals surface area (Å²) in [6.45, 7) is 3.50. The molecule has 2 heterocycles. The van der Waals surface area contributed by atoms with Gasteiger partial charge in [-0.15, -0.1) is 0 Å². The highest BCUT2D eigenvalue weighted by molar-refractivity contribution is 5.87. The molecule has 1 aliphatic rings. The van der Waals surface area contributed by atoms with Crippen molar-refractivity contribution < 1.29 is 4.79 Å². The number of imidazole rings is 1. The average Bonchev–Trinajstić information content (AvgIpc) is 2.83.